The largest absolute Gasteiger partial charge is 0.304 e. The number of piperazine rings is 1. The molecule has 1 saturated heterocycles. The molecule has 1 aliphatic heterocycles. The molecule has 1 heterocycles. The van der Waals surface area contributed by atoms with Crippen LogP contribution < -0.4 is 0 Å². The molecule has 0 unspecified atom stereocenters. The molecule has 0 atom stereocenters. The minimum atomic E-state index is 0. The van der Waals surface area contributed by atoms with Crippen LogP contribution in [0.25, 0.3) is 5.57 Å². The summed E-state index contributed by atoms with van der Waals surface area (Å²) >= 11 is 0. The first kappa shape index (κ1) is 24.1. The highest BCUT2D eigenvalue weighted by Crippen LogP contribution is 2.64. The summed E-state index contributed by atoms with van der Waals surface area (Å²) in [6.07, 6.45) is 14.2. The minimum absolute atomic E-state index is 0. The standard InChI is InChI=1S/C26H38N2.2ClH/c1-27-11-13-28(14-12-27)10-6-5-9-25(24-7-3-2-4-8-24)26-18-21-15-22(19-26)17-23(16-21)20-26;;/h2-4,7-9,21-23H,5-6,10-20H2,1H3;2*1H/b25-9-;;. The van der Waals surface area contributed by atoms with Crippen LogP contribution in [0.1, 0.15) is 56.9 Å². The number of rotatable bonds is 6. The van der Waals surface area contributed by atoms with Crippen LogP contribution in [-0.4, -0.2) is 49.6 Å². The molecule has 4 aliphatic carbocycles. The molecular weight excluding hydrogens is 411 g/mol. The van der Waals surface area contributed by atoms with Crippen LogP contribution in [0.15, 0.2) is 36.4 Å². The number of hydrogen-bond acceptors (Lipinski definition) is 2. The monoisotopic (exact) mass is 450 g/mol. The Bertz CT molecular complexity index is 659. The second-order valence-electron chi connectivity index (χ2n) is 10.5. The van der Waals surface area contributed by atoms with Crippen molar-refractivity contribution >= 4 is 30.4 Å². The normalized spacial score (nSPS) is 33.8. The van der Waals surface area contributed by atoms with Gasteiger partial charge in [-0.25, -0.2) is 0 Å². The Labute approximate surface area is 196 Å². The summed E-state index contributed by atoms with van der Waals surface area (Å²) in [5.74, 6) is 3.05. The van der Waals surface area contributed by atoms with Crippen LogP contribution in [-0.2, 0) is 0 Å². The predicted octanol–water partition coefficient (Wildman–Crippen LogP) is 6.16. The van der Waals surface area contributed by atoms with Gasteiger partial charge in [-0.05, 0) is 99.3 Å². The van der Waals surface area contributed by atoms with Crippen LogP contribution in [0.2, 0.25) is 0 Å². The first-order valence-corrected chi connectivity index (χ1v) is 11.9. The molecule has 5 fully saturated rings. The Morgan fingerprint density at radius 2 is 1.47 bits per heavy atom. The van der Waals surface area contributed by atoms with E-state index in [9.17, 15) is 0 Å². The molecule has 4 heteroatoms. The molecule has 6 rings (SSSR count). The molecule has 1 aromatic carbocycles. The molecule has 30 heavy (non-hydrogen) atoms. The van der Waals surface area contributed by atoms with Crippen molar-refractivity contribution in [1.82, 2.24) is 9.80 Å². The predicted molar refractivity (Wildman–Crippen MR) is 133 cm³/mol. The summed E-state index contributed by atoms with van der Waals surface area (Å²) in [5, 5.41) is 0. The van der Waals surface area contributed by atoms with Gasteiger partial charge in [0.25, 0.3) is 0 Å². The van der Waals surface area contributed by atoms with E-state index < -0.39 is 0 Å². The number of unbranched alkanes of at least 4 members (excludes halogenated alkanes) is 1. The van der Waals surface area contributed by atoms with E-state index in [1.807, 2.05) is 0 Å². The lowest BCUT2D eigenvalue weighted by Crippen LogP contribution is -2.46. The summed E-state index contributed by atoms with van der Waals surface area (Å²) in [6.45, 7) is 6.24. The van der Waals surface area contributed by atoms with Gasteiger partial charge in [0, 0.05) is 26.2 Å². The van der Waals surface area contributed by atoms with E-state index in [0.29, 0.717) is 5.41 Å². The Hall–Kier alpha value is -0.540. The van der Waals surface area contributed by atoms with Gasteiger partial charge in [0.05, 0.1) is 0 Å². The fourth-order valence-electron chi connectivity index (χ4n) is 7.33. The molecule has 0 N–H and O–H groups in total. The molecule has 0 aromatic heterocycles. The number of likely N-dealkylation sites (N-methyl/N-ethyl adjacent to an activating group) is 1. The summed E-state index contributed by atoms with van der Waals surface area (Å²) in [6, 6.07) is 11.4. The van der Waals surface area contributed by atoms with E-state index >= 15 is 0 Å². The zero-order valence-corrected chi connectivity index (χ0v) is 20.2. The number of benzene rings is 1. The van der Waals surface area contributed by atoms with Crippen molar-refractivity contribution in [1.29, 1.82) is 0 Å². The fourth-order valence-corrected chi connectivity index (χ4v) is 7.33. The van der Waals surface area contributed by atoms with E-state index in [4.69, 9.17) is 0 Å². The van der Waals surface area contributed by atoms with Gasteiger partial charge in [-0.1, -0.05) is 36.4 Å². The third kappa shape index (κ3) is 5.09. The quantitative estimate of drug-likeness (QED) is 0.478. The van der Waals surface area contributed by atoms with E-state index in [2.05, 4.69) is 53.3 Å². The van der Waals surface area contributed by atoms with Gasteiger partial charge >= 0.3 is 0 Å². The molecule has 0 spiro atoms. The van der Waals surface area contributed by atoms with E-state index in [1.165, 1.54) is 89.7 Å². The SMILES string of the molecule is CN1CCN(CCC/C=C(/c2ccccc2)C23CC4CC(CC(C4)C2)C3)CC1.Cl.Cl. The molecule has 2 nitrogen and oxygen atoms in total. The van der Waals surface area contributed by atoms with Crippen molar-refractivity contribution in [2.24, 2.45) is 23.2 Å². The van der Waals surface area contributed by atoms with E-state index in [1.54, 1.807) is 5.57 Å². The van der Waals surface area contributed by atoms with Gasteiger partial charge in [0.2, 0.25) is 0 Å². The zero-order chi connectivity index (χ0) is 19.0. The summed E-state index contributed by atoms with van der Waals surface area (Å²) < 4.78 is 0. The van der Waals surface area contributed by atoms with Crippen LogP contribution in [0.3, 0.4) is 0 Å². The lowest BCUT2D eigenvalue weighted by atomic mass is 9.47. The van der Waals surface area contributed by atoms with Crippen LogP contribution in [0.4, 0.5) is 0 Å². The third-order valence-corrected chi connectivity index (χ3v) is 8.32. The van der Waals surface area contributed by atoms with Gasteiger partial charge in [0.1, 0.15) is 0 Å². The summed E-state index contributed by atoms with van der Waals surface area (Å²) in [5.41, 5.74) is 3.75. The second-order valence-corrected chi connectivity index (χ2v) is 10.5. The molecule has 0 radical (unpaired) electrons. The van der Waals surface area contributed by atoms with Crippen molar-refractivity contribution in [2.45, 2.75) is 51.4 Å². The van der Waals surface area contributed by atoms with Crippen LogP contribution >= 0.6 is 24.8 Å². The molecule has 4 bridgehead atoms. The van der Waals surface area contributed by atoms with Crippen molar-refractivity contribution in [2.75, 3.05) is 39.8 Å². The van der Waals surface area contributed by atoms with Gasteiger partial charge < -0.3 is 9.80 Å². The molecular formula is C26H40Cl2N2. The maximum Gasteiger partial charge on any atom is 0.0110 e. The lowest BCUT2D eigenvalue weighted by Gasteiger charge is -2.58. The highest BCUT2D eigenvalue weighted by molar-refractivity contribution is 5.85. The summed E-state index contributed by atoms with van der Waals surface area (Å²) in [7, 11) is 2.25. The molecule has 4 saturated carbocycles. The Balaban J connectivity index is 0.00000128. The van der Waals surface area contributed by atoms with Crippen molar-refractivity contribution < 1.29 is 0 Å². The fraction of sp³-hybridized carbons (Fsp3) is 0.692. The minimum Gasteiger partial charge on any atom is -0.304 e. The van der Waals surface area contributed by atoms with E-state index in [-0.39, 0.29) is 24.8 Å². The first-order valence-electron chi connectivity index (χ1n) is 11.9. The van der Waals surface area contributed by atoms with Crippen molar-refractivity contribution in [3.8, 4) is 0 Å². The Morgan fingerprint density at radius 3 is 2.03 bits per heavy atom. The number of nitrogens with zero attached hydrogens (tertiary/aromatic N) is 2. The summed E-state index contributed by atoms with van der Waals surface area (Å²) in [4.78, 5) is 5.12. The Kier molecular flexibility index (Phi) is 8.35. The smallest absolute Gasteiger partial charge is 0.0110 e. The van der Waals surface area contributed by atoms with Crippen LogP contribution in [0.5, 0.6) is 0 Å². The first-order chi connectivity index (χ1) is 13.7. The van der Waals surface area contributed by atoms with Crippen LogP contribution in [0, 0.1) is 23.2 Å². The lowest BCUT2D eigenvalue weighted by molar-refractivity contribution is -0.0178. The molecule has 0 amide bonds. The maximum absolute atomic E-state index is 2.68. The molecule has 1 aromatic rings. The van der Waals surface area contributed by atoms with Crippen molar-refractivity contribution in [3.05, 3.63) is 42.0 Å². The zero-order valence-electron chi connectivity index (χ0n) is 18.6. The van der Waals surface area contributed by atoms with Gasteiger partial charge in [0.15, 0.2) is 0 Å². The highest BCUT2D eigenvalue weighted by atomic mass is 35.5. The molecule has 168 valence electrons. The van der Waals surface area contributed by atoms with Gasteiger partial charge in [-0.15, -0.1) is 24.8 Å². The van der Waals surface area contributed by atoms with Crippen molar-refractivity contribution in [3.63, 3.8) is 0 Å². The average Bonchev–Trinajstić information content (AvgIpc) is 2.69. The number of hydrogen-bond donors (Lipinski definition) is 0. The highest BCUT2D eigenvalue weighted by Gasteiger charge is 2.52. The number of allylic oxidation sites excluding steroid dienone is 2. The molecule has 5 aliphatic rings. The topological polar surface area (TPSA) is 6.48 Å². The average molecular weight is 452 g/mol. The van der Waals surface area contributed by atoms with Gasteiger partial charge in [-0.3, -0.25) is 0 Å². The Morgan fingerprint density at radius 1 is 0.900 bits per heavy atom. The maximum atomic E-state index is 2.68. The van der Waals surface area contributed by atoms with E-state index in [0.717, 1.165) is 17.8 Å². The van der Waals surface area contributed by atoms with Gasteiger partial charge in [-0.2, -0.15) is 0 Å². The number of halogens is 2. The third-order valence-electron chi connectivity index (χ3n) is 8.32. The second kappa shape index (κ2) is 10.4.